The molecule has 6 nitrogen and oxygen atoms in total. The van der Waals surface area contributed by atoms with Crippen molar-refractivity contribution in [1.82, 2.24) is 5.32 Å². The van der Waals surface area contributed by atoms with Crippen LogP contribution in [-0.2, 0) is 20.4 Å². The molecule has 0 spiro atoms. The van der Waals surface area contributed by atoms with Crippen LogP contribution >= 0.6 is 0 Å². The molecule has 1 unspecified atom stereocenters. The number of carbonyl (C=O) groups excluding carboxylic acids is 1. The molecule has 2 aromatic carbocycles. The van der Waals surface area contributed by atoms with Gasteiger partial charge in [-0.1, -0.05) is 44.2 Å². The summed E-state index contributed by atoms with van der Waals surface area (Å²) < 4.78 is 25.0. The fourth-order valence-electron chi connectivity index (χ4n) is 2.67. The molecule has 0 radical (unpaired) electrons. The molecule has 2 aromatic rings. The Morgan fingerprint density at radius 3 is 2.30 bits per heavy atom. The standard InChI is InChI=1S/C20H23NO5S/c1-14(2)11-18(20(23)24)21-19(22)16-8-6-7-15(12-16)13-27(25,26)17-9-4-3-5-10-17/h3-10,12,14,18H,11,13H2,1-2H3,(H,21,22)(H,23,24). The van der Waals surface area contributed by atoms with Gasteiger partial charge in [-0.05, 0) is 42.2 Å². The third-order valence-corrected chi connectivity index (χ3v) is 5.66. The lowest BCUT2D eigenvalue weighted by Crippen LogP contribution is -2.41. The average Bonchev–Trinajstić information content (AvgIpc) is 2.61. The van der Waals surface area contributed by atoms with Gasteiger partial charge in [0.05, 0.1) is 10.6 Å². The van der Waals surface area contributed by atoms with E-state index in [1.165, 1.54) is 24.3 Å². The number of rotatable bonds is 8. The first kappa shape index (κ1) is 20.6. The number of hydrogen-bond donors (Lipinski definition) is 2. The number of carbonyl (C=O) groups is 2. The molecule has 0 bridgehead atoms. The molecule has 2 rings (SSSR count). The van der Waals surface area contributed by atoms with Crippen LogP contribution in [0.4, 0.5) is 0 Å². The molecule has 1 amide bonds. The highest BCUT2D eigenvalue weighted by molar-refractivity contribution is 7.90. The largest absolute Gasteiger partial charge is 0.480 e. The quantitative estimate of drug-likeness (QED) is 0.723. The van der Waals surface area contributed by atoms with E-state index >= 15 is 0 Å². The summed E-state index contributed by atoms with van der Waals surface area (Å²) in [4.78, 5) is 23.9. The van der Waals surface area contributed by atoms with Gasteiger partial charge in [0, 0.05) is 5.56 Å². The predicted molar refractivity (Wildman–Crippen MR) is 102 cm³/mol. The van der Waals surface area contributed by atoms with E-state index in [0.717, 1.165) is 0 Å². The second-order valence-electron chi connectivity index (χ2n) is 6.77. The minimum Gasteiger partial charge on any atom is -0.480 e. The van der Waals surface area contributed by atoms with Gasteiger partial charge < -0.3 is 10.4 Å². The highest BCUT2D eigenvalue weighted by Gasteiger charge is 2.22. The van der Waals surface area contributed by atoms with Gasteiger partial charge in [-0.3, -0.25) is 4.79 Å². The van der Waals surface area contributed by atoms with Gasteiger partial charge in [-0.15, -0.1) is 0 Å². The molecule has 27 heavy (non-hydrogen) atoms. The Morgan fingerprint density at radius 2 is 1.70 bits per heavy atom. The lowest BCUT2D eigenvalue weighted by Gasteiger charge is -2.16. The van der Waals surface area contributed by atoms with Crippen LogP contribution < -0.4 is 5.32 Å². The number of aliphatic carboxylic acids is 1. The molecule has 7 heteroatoms. The third kappa shape index (κ3) is 5.92. The van der Waals surface area contributed by atoms with E-state index in [9.17, 15) is 23.1 Å². The van der Waals surface area contributed by atoms with E-state index in [0.29, 0.717) is 12.0 Å². The monoisotopic (exact) mass is 389 g/mol. The molecular formula is C20H23NO5S. The Morgan fingerprint density at radius 1 is 1.04 bits per heavy atom. The van der Waals surface area contributed by atoms with E-state index in [2.05, 4.69) is 5.32 Å². The molecule has 144 valence electrons. The summed E-state index contributed by atoms with van der Waals surface area (Å²) in [6.45, 7) is 3.74. The van der Waals surface area contributed by atoms with Crippen LogP contribution in [0.5, 0.6) is 0 Å². The van der Waals surface area contributed by atoms with Gasteiger partial charge >= 0.3 is 5.97 Å². The molecule has 0 aliphatic carbocycles. The maximum atomic E-state index is 12.5. The van der Waals surface area contributed by atoms with Crippen molar-refractivity contribution in [3.63, 3.8) is 0 Å². The predicted octanol–water partition coefficient (Wildman–Crippen LogP) is 2.89. The fraction of sp³-hybridized carbons (Fsp3) is 0.300. The Hall–Kier alpha value is -2.67. The van der Waals surface area contributed by atoms with Gasteiger partial charge in [0.15, 0.2) is 9.84 Å². The summed E-state index contributed by atoms with van der Waals surface area (Å²) in [7, 11) is -3.53. The van der Waals surface area contributed by atoms with Crippen molar-refractivity contribution >= 4 is 21.7 Å². The summed E-state index contributed by atoms with van der Waals surface area (Å²) in [5.41, 5.74) is 0.688. The van der Waals surface area contributed by atoms with E-state index in [4.69, 9.17) is 0 Å². The van der Waals surface area contributed by atoms with E-state index in [1.807, 2.05) is 13.8 Å². The first-order valence-corrected chi connectivity index (χ1v) is 10.2. The molecule has 1 atom stereocenters. The minimum atomic E-state index is -3.53. The topological polar surface area (TPSA) is 101 Å². The van der Waals surface area contributed by atoms with Crippen molar-refractivity contribution in [3.05, 3.63) is 65.7 Å². The molecule has 0 saturated heterocycles. The van der Waals surface area contributed by atoms with Gasteiger partial charge in [0.25, 0.3) is 5.91 Å². The number of carboxylic acid groups (broad SMARTS) is 1. The van der Waals surface area contributed by atoms with Crippen LogP contribution in [0.3, 0.4) is 0 Å². The summed E-state index contributed by atoms with van der Waals surface area (Å²) in [6, 6.07) is 13.3. The number of amides is 1. The number of benzene rings is 2. The zero-order chi connectivity index (χ0) is 20.0. The van der Waals surface area contributed by atoms with Gasteiger partial charge in [0.1, 0.15) is 6.04 Å². The summed E-state index contributed by atoms with van der Waals surface area (Å²) in [6.07, 6.45) is 0.309. The maximum absolute atomic E-state index is 12.5. The highest BCUT2D eigenvalue weighted by Crippen LogP contribution is 2.17. The smallest absolute Gasteiger partial charge is 0.326 e. The highest BCUT2D eigenvalue weighted by atomic mass is 32.2. The second-order valence-corrected chi connectivity index (χ2v) is 8.76. The Labute approximate surface area is 159 Å². The fourth-order valence-corrected chi connectivity index (χ4v) is 4.02. The zero-order valence-corrected chi connectivity index (χ0v) is 16.1. The lowest BCUT2D eigenvalue weighted by atomic mass is 10.0. The Balaban J connectivity index is 2.17. The van der Waals surface area contributed by atoms with Crippen LogP contribution in [0.25, 0.3) is 0 Å². The zero-order valence-electron chi connectivity index (χ0n) is 15.3. The van der Waals surface area contributed by atoms with Gasteiger partial charge in [0.2, 0.25) is 0 Å². The number of nitrogens with one attached hydrogen (secondary N) is 1. The summed E-state index contributed by atoms with van der Waals surface area (Å²) in [5.74, 6) is -1.78. The summed E-state index contributed by atoms with van der Waals surface area (Å²) >= 11 is 0. The van der Waals surface area contributed by atoms with Crippen molar-refractivity contribution in [2.24, 2.45) is 5.92 Å². The first-order valence-electron chi connectivity index (χ1n) is 8.59. The molecular weight excluding hydrogens is 366 g/mol. The van der Waals surface area contributed by atoms with Crippen molar-refractivity contribution < 1.29 is 23.1 Å². The van der Waals surface area contributed by atoms with Crippen LogP contribution in [-0.4, -0.2) is 31.4 Å². The second kappa shape index (κ2) is 8.81. The van der Waals surface area contributed by atoms with Gasteiger partial charge in [-0.25, -0.2) is 13.2 Å². The van der Waals surface area contributed by atoms with Crippen molar-refractivity contribution in [1.29, 1.82) is 0 Å². The normalized spacial score (nSPS) is 12.6. The van der Waals surface area contributed by atoms with E-state index in [1.54, 1.807) is 30.3 Å². The van der Waals surface area contributed by atoms with E-state index in [-0.39, 0.29) is 22.1 Å². The molecule has 0 saturated carbocycles. The van der Waals surface area contributed by atoms with Crippen LogP contribution in [0, 0.1) is 5.92 Å². The van der Waals surface area contributed by atoms with E-state index < -0.39 is 27.8 Å². The molecule has 0 aromatic heterocycles. The summed E-state index contributed by atoms with van der Waals surface area (Å²) in [5, 5.41) is 11.8. The lowest BCUT2D eigenvalue weighted by molar-refractivity contribution is -0.139. The van der Waals surface area contributed by atoms with Crippen LogP contribution in [0.15, 0.2) is 59.5 Å². The van der Waals surface area contributed by atoms with Gasteiger partial charge in [-0.2, -0.15) is 0 Å². The maximum Gasteiger partial charge on any atom is 0.326 e. The minimum absolute atomic E-state index is 0.105. The van der Waals surface area contributed by atoms with Crippen molar-refractivity contribution in [2.45, 2.75) is 37.0 Å². The number of sulfone groups is 1. The average molecular weight is 389 g/mol. The molecule has 0 aliphatic heterocycles. The van der Waals surface area contributed by atoms with Crippen LogP contribution in [0.2, 0.25) is 0 Å². The number of hydrogen-bond acceptors (Lipinski definition) is 4. The molecule has 0 aliphatic rings. The van der Waals surface area contributed by atoms with Crippen molar-refractivity contribution in [2.75, 3.05) is 0 Å². The molecule has 0 heterocycles. The SMILES string of the molecule is CC(C)CC(NC(=O)c1cccc(CS(=O)(=O)c2ccccc2)c1)C(=O)O. The first-order chi connectivity index (χ1) is 12.7. The third-order valence-electron chi connectivity index (χ3n) is 3.96. The van der Waals surface area contributed by atoms with Crippen molar-refractivity contribution in [3.8, 4) is 0 Å². The van der Waals surface area contributed by atoms with Crippen LogP contribution in [0.1, 0.15) is 36.2 Å². The molecule has 0 fully saturated rings. The Bertz CT molecular complexity index is 907. The molecule has 2 N–H and O–H groups in total. The number of carboxylic acids is 1. The Kier molecular flexibility index (Phi) is 6.74.